The lowest BCUT2D eigenvalue weighted by Gasteiger charge is -2.30. The molecule has 0 aromatic heterocycles. The van der Waals surface area contributed by atoms with Gasteiger partial charge in [0.05, 0.1) is 5.41 Å². The van der Waals surface area contributed by atoms with E-state index in [2.05, 4.69) is 147 Å². The Morgan fingerprint density at radius 1 is 0.575 bits per heavy atom. The Morgan fingerprint density at radius 2 is 1.23 bits per heavy atom. The Bertz CT molecular complexity index is 1990. The van der Waals surface area contributed by atoms with Gasteiger partial charge in [-0.1, -0.05) is 134 Å². The van der Waals surface area contributed by atoms with E-state index in [0.717, 1.165) is 5.57 Å². The Kier molecular flexibility index (Phi) is 4.90. The highest BCUT2D eigenvalue weighted by Crippen LogP contribution is 2.63. The first-order valence-electron chi connectivity index (χ1n) is 14.0. The summed E-state index contributed by atoms with van der Waals surface area (Å²) in [5.74, 6) is 0. The van der Waals surface area contributed by atoms with Gasteiger partial charge in [-0.2, -0.15) is 0 Å². The molecule has 0 radical (unpaired) electrons. The van der Waals surface area contributed by atoms with Gasteiger partial charge in [-0.25, -0.2) is 0 Å². The van der Waals surface area contributed by atoms with Gasteiger partial charge in [0.1, 0.15) is 0 Å². The molecule has 0 aliphatic heterocycles. The van der Waals surface area contributed by atoms with Gasteiger partial charge in [0.2, 0.25) is 0 Å². The summed E-state index contributed by atoms with van der Waals surface area (Å²) in [5, 5.41) is 2.59. The van der Waals surface area contributed by atoms with Crippen LogP contribution in [0, 0.1) is 0 Å². The third-order valence-electron chi connectivity index (χ3n) is 9.04. The van der Waals surface area contributed by atoms with Crippen LogP contribution in [0.2, 0.25) is 0 Å². The zero-order chi connectivity index (χ0) is 26.8. The zero-order valence-corrected chi connectivity index (χ0v) is 22.5. The van der Waals surface area contributed by atoms with E-state index in [1.807, 2.05) is 6.08 Å². The molecule has 0 heterocycles. The largest absolute Gasteiger partial charge is 0.0985 e. The highest BCUT2D eigenvalue weighted by molar-refractivity contribution is 6.06. The van der Waals surface area contributed by atoms with E-state index in [1.54, 1.807) is 0 Å². The van der Waals surface area contributed by atoms with Crippen LogP contribution in [0.1, 0.15) is 34.7 Å². The van der Waals surface area contributed by atoms with Crippen LogP contribution in [0.3, 0.4) is 0 Å². The quantitative estimate of drug-likeness (QED) is 0.208. The number of allylic oxidation sites excluding steroid dienone is 3. The van der Waals surface area contributed by atoms with E-state index in [4.69, 9.17) is 0 Å². The van der Waals surface area contributed by atoms with E-state index in [1.165, 1.54) is 72.0 Å². The molecular weight excluding hydrogens is 480 g/mol. The molecule has 0 saturated carbocycles. The van der Waals surface area contributed by atoms with E-state index in [0.29, 0.717) is 0 Å². The summed E-state index contributed by atoms with van der Waals surface area (Å²) in [5.41, 5.74) is 15.3. The van der Waals surface area contributed by atoms with Crippen molar-refractivity contribution in [2.24, 2.45) is 0 Å². The number of hydrogen-bond acceptors (Lipinski definition) is 0. The Labute approximate surface area is 235 Å². The van der Waals surface area contributed by atoms with E-state index in [-0.39, 0.29) is 5.41 Å². The van der Waals surface area contributed by atoms with Crippen LogP contribution in [0.15, 0.2) is 146 Å². The molecule has 0 fully saturated rings. The number of hydrogen-bond donors (Lipinski definition) is 0. The fraction of sp³-hybridized carbons (Fsp3) is 0.0500. The predicted molar refractivity (Wildman–Crippen MR) is 170 cm³/mol. The summed E-state index contributed by atoms with van der Waals surface area (Å²) >= 11 is 0. The van der Waals surface area contributed by atoms with Crippen molar-refractivity contribution in [3.05, 3.63) is 174 Å². The number of benzene rings is 6. The first kappa shape index (κ1) is 23.0. The molecule has 0 nitrogen and oxygen atoms in total. The lowest BCUT2D eigenvalue weighted by atomic mass is 9.70. The lowest BCUT2D eigenvalue weighted by molar-refractivity contribution is 0.794. The molecule has 0 heteroatoms. The highest BCUT2D eigenvalue weighted by Gasteiger charge is 2.51. The number of rotatable bonds is 3. The maximum atomic E-state index is 4.02. The van der Waals surface area contributed by atoms with Crippen LogP contribution in [-0.2, 0) is 5.41 Å². The molecule has 40 heavy (non-hydrogen) atoms. The van der Waals surface area contributed by atoms with Gasteiger partial charge in [0.15, 0.2) is 0 Å². The van der Waals surface area contributed by atoms with Crippen molar-refractivity contribution in [2.45, 2.75) is 12.3 Å². The fourth-order valence-corrected chi connectivity index (χ4v) is 7.37. The van der Waals surface area contributed by atoms with Crippen LogP contribution >= 0.6 is 0 Å². The summed E-state index contributed by atoms with van der Waals surface area (Å²) in [7, 11) is 0. The summed E-state index contributed by atoms with van der Waals surface area (Å²) in [6, 6.07) is 47.5. The van der Waals surface area contributed by atoms with Crippen molar-refractivity contribution < 1.29 is 0 Å². The van der Waals surface area contributed by atoms with E-state index >= 15 is 0 Å². The zero-order valence-electron chi connectivity index (χ0n) is 22.5. The smallest absolute Gasteiger partial charge is 0.0725 e. The second-order valence-electron chi connectivity index (χ2n) is 10.8. The molecule has 8 rings (SSSR count). The third-order valence-corrected chi connectivity index (χ3v) is 9.04. The molecule has 6 aromatic rings. The lowest BCUT2D eigenvalue weighted by Crippen LogP contribution is -2.25. The molecule has 0 amide bonds. The minimum Gasteiger partial charge on any atom is -0.0985 e. The SMILES string of the molecule is C=C/C(=C\C)c1cccc(-c2ccc3c(c2)-c2c(ccc4ccccc24)C32c3ccccc3-c3ccccc32)c1. The fourth-order valence-electron chi connectivity index (χ4n) is 7.37. The number of fused-ring (bicyclic) bond motifs is 12. The standard InChI is InChI=1S/C40H28/c1-3-26(4-2)28-13-11-14-29(24-28)30-21-22-37-34(25-30)39-31-15-6-5-12-27(31)20-23-38(39)40(37)35-18-9-7-16-32(35)33-17-8-10-19-36(33)40/h3-25H,1H2,2H3/b26-4+. The van der Waals surface area contributed by atoms with Gasteiger partial charge in [0, 0.05) is 0 Å². The van der Waals surface area contributed by atoms with Gasteiger partial charge in [-0.3, -0.25) is 0 Å². The molecule has 0 bridgehead atoms. The van der Waals surface area contributed by atoms with Crippen LogP contribution in [-0.4, -0.2) is 0 Å². The molecule has 0 saturated heterocycles. The maximum Gasteiger partial charge on any atom is 0.0725 e. The topological polar surface area (TPSA) is 0 Å². The van der Waals surface area contributed by atoms with E-state index in [9.17, 15) is 0 Å². The Hall–Kier alpha value is -4.94. The van der Waals surface area contributed by atoms with Crippen LogP contribution in [0.4, 0.5) is 0 Å². The van der Waals surface area contributed by atoms with Gasteiger partial charge in [-0.15, -0.1) is 0 Å². The monoisotopic (exact) mass is 508 g/mol. The Balaban J connectivity index is 1.47. The summed E-state index contributed by atoms with van der Waals surface area (Å²) in [4.78, 5) is 0. The summed E-state index contributed by atoms with van der Waals surface area (Å²) in [6.07, 6.45) is 4.05. The highest BCUT2D eigenvalue weighted by atomic mass is 14.5. The minimum atomic E-state index is -0.330. The van der Waals surface area contributed by atoms with Gasteiger partial charge < -0.3 is 0 Å². The van der Waals surface area contributed by atoms with Gasteiger partial charge >= 0.3 is 0 Å². The second-order valence-corrected chi connectivity index (χ2v) is 10.8. The minimum absolute atomic E-state index is 0.330. The molecule has 188 valence electrons. The summed E-state index contributed by atoms with van der Waals surface area (Å²) in [6.45, 7) is 6.09. The average Bonchev–Trinajstić information content (AvgIpc) is 3.49. The average molecular weight is 509 g/mol. The molecule has 2 aliphatic carbocycles. The molecule has 0 atom stereocenters. The summed E-state index contributed by atoms with van der Waals surface area (Å²) < 4.78 is 0. The second kappa shape index (κ2) is 8.53. The van der Waals surface area contributed by atoms with Gasteiger partial charge in [-0.05, 0) is 96.6 Å². The van der Waals surface area contributed by atoms with Crippen molar-refractivity contribution in [1.82, 2.24) is 0 Å². The predicted octanol–water partition coefficient (Wildman–Crippen LogP) is 10.4. The van der Waals surface area contributed by atoms with E-state index < -0.39 is 0 Å². The van der Waals surface area contributed by atoms with Crippen molar-refractivity contribution >= 4 is 16.3 Å². The van der Waals surface area contributed by atoms with Crippen molar-refractivity contribution in [1.29, 1.82) is 0 Å². The third kappa shape index (κ3) is 2.91. The molecular formula is C40H28. The first-order valence-corrected chi connectivity index (χ1v) is 14.0. The molecule has 6 aromatic carbocycles. The van der Waals surface area contributed by atoms with Crippen molar-refractivity contribution in [2.75, 3.05) is 0 Å². The first-order chi connectivity index (χ1) is 19.8. The van der Waals surface area contributed by atoms with Crippen molar-refractivity contribution in [3.8, 4) is 33.4 Å². The maximum absolute atomic E-state index is 4.02. The molecule has 1 spiro atoms. The molecule has 0 N–H and O–H groups in total. The van der Waals surface area contributed by atoms with Crippen LogP contribution in [0.5, 0.6) is 0 Å². The van der Waals surface area contributed by atoms with Crippen LogP contribution < -0.4 is 0 Å². The molecule has 0 unspecified atom stereocenters. The van der Waals surface area contributed by atoms with Crippen LogP contribution in [0.25, 0.3) is 49.7 Å². The normalized spacial score (nSPS) is 14.1. The van der Waals surface area contributed by atoms with Crippen molar-refractivity contribution in [3.63, 3.8) is 0 Å². The van der Waals surface area contributed by atoms with Gasteiger partial charge in [0.25, 0.3) is 0 Å². The molecule has 2 aliphatic rings. The Morgan fingerprint density at radius 3 is 1.98 bits per heavy atom.